The second-order valence-corrected chi connectivity index (χ2v) is 9.47. The summed E-state index contributed by atoms with van der Waals surface area (Å²) in [6.07, 6.45) is 5.15. The molecule has 0 aromatic carbocycles. The van der Waals surface area contributed by atoms with Crippen LogP contribution in [0.25, 0.3) is 0 Å². The lowest BCUT2D eigenvalue weighted by molar-refractivity contribution is -0.272. The van der Waals surface area contributed by atoms with Crippen LogP contribution in [0.2, 0.25) is 0 Å². The molecule has 3 rings (SSSR count). The maximum atomic E-state index is 10.6. The van der Waals surface area contributed by atoms with Crippen LogP contribution in [0.1, 0.15) is 65.7 Å². The van der Waals surface area contributed by atoms with E-state index in [4.69, 9.17) is 4.74 Å². The summed E-state index contributed by atoms with van der Waals surface area (Å²) in [5.74, 6) is 0.549. The third-order valence-electron chi connectivity index (χ3n) is 8.46. The van der Waals surface area contributed by atoms with Crippen molar-refractivity contribution < 1.29 is 25.2 Å². The monoisotopic (exact) mass is 356 g/mol. The number of fused-ring (bicyclic) bond motifs is 2. The van der Waals surface area contributed by atoms with E-state index in [0.29, 0.717) is 18.8 Å². The summed E-state index contributed by atoms with van der Waals surface area (Å²) >= 11 is 0. The SMILES string of the molecule is C[C@@H]1CC[C@H]2[C@](C)(CO)[C@@H](O)CC[C@@]2(C)[C@]12CC[C@@](CO)(CCO)O2. The van der Waals surface area contributed by atoms with Crippen LogP contribution in [0.3, 0.4) is 0 Å². The summed E-state index contributed by atoms with van der Waals surface area (Å²) in [6, 6.07) is 0. The average Bonchev–Trinajstić information content (AvgIpc) is 2.99. The van der Waals surface area contributed by atoms with Crippen LogP contribution in [-0.4, -0.2) is 57.6 Å². The van der Waals surface area contributed by atoms with Crippen LogP contribution >= 0.6 is 0 Å². The smallest absolute Gasteiger partial charge is 0.0942 e. The van der Waals surface area contributed by atoms with Gasteiger partial charge < -0.3 is 25.2 Å². The van der Waals surface area contributed by atoms with E-state index in [9.17, 15) is 20.4 Å². The number of aliphatic hydroxyl groups excluding tert-OH is 4. The van der Waals surface area contributed by atoms with E-state index in [1.807, 2.05) is 6.92 Å². The summed E-state index contributed by atoms with van der Waals surface area (Å²) in [5.41, 5.74) is -1.66. The zero-order chi connectivity index (χ0) is 18.5. The van der Waals surface area contributed by atoms with Gasteiger partial charge in [-0.3, -0.25) is 0 Å². The number of aliphatic hydroxyl groups is 4. The zero-order valence-corrected chi connectivity index (χ0v) is 16.0. The first-order valence-corrected chi connectivity index (χ1v) is 9.94. The zero-order valence-electron chi connectivity index (χ0n) is 16.0. The minimum Gasteiger partial charge on any atom is -0.396 e. The number of ether oxygens (including phenoxy) is 1. The Bertz CT molecular complexity index is 498. The molecule has 4 N–H and O–H groups in total. The lowest BCUT2D eigenvalue weighted by Gasteiger charge is -2.65. The maximum Gasteiger partial charge on any atom is 0.0942 e. The Labute approximate surface area is 151 Å². The Morgan fingerprint density at radius 3 is 2.28 bits per heavy atom. The highest BCUT2D eigenvalue weighted by atomic mass is 16.5. The van der Waals surface area contributed by atoms with Crippen molar-refractivity contribution in [2.45, 2.75) is 83.0 Å². The molecule has 0 bridgehead atoms. The van der Waals surface area contributed by atoms with Gasteiger partial charge in [-0.2, -0.15) is 0 Å². The van der Waals surface area contributed by atoms with E-state index in [0.717, 1.165) is 32.1 Å². The van der Waals surface area contributed by atoms with Crippen LogP contribution in [0, 0.1) is 22.7 Å². The summed E-state index contributed by atoms with van der Waals surface area (Å²) in [6.45, 7) is 6.47. The maximum absolute atomic E-state index is 10.6. The topological polar surface area (TPSA) is 90.2 Å². The summed E-state index contributed by atoms with van der Waals surface area (Å²) in [4.78, 5) is 0. The van der Waals surface area contributed by atoms with Crippen LogP contribution < -0.4 is 0 Å². The van der Waals surface area contributed by atoms with Crippen LogP contribution in [0.4, 0.5) is 0 Å². The summed E-state index contributed by atoms with van der Waals surface area (Å²) in [5, 5.41) is 40.2. The van der Waals surface area contributed by atoms with Gasteiger partial charge in [0.1, 0.15) is 0 Å². The first kappa shape index (κ1) is 19.6. The Morgan fingerprint density at radius 2 is 1.68 bits per heavy atom. The van der Waals surface area contributed by atoms with Gasteiger partial charge >= 0.3 is 0 Å². The molecule has 0 radical (unpaired) electrons. The minimum absolute atomic E-state index is 0.0121. The molecule has 7 atom stereocenters. The molecule has 1 heterocycles. The lowest BCUT2D eigenvalue weighted by Crippen LogP contribution is -2.66. The summed E-state index contributed by atoms with van der Waals surface area (Å²) in [7, 11) is 0. The molecule has 1 spiro atoms. The normalized spacial score (nSPS) is 53.2. The average molecular weight is 357 g/mol. The van der Waals surface area contributed by atoms with Crippen molar-refractivity contribution in [3.8, 4) is 0 Å². The molecule has 2 saturated carbocycles. The van der Waals surface area contributed by atoms with Gasteiger partial charge in [-0.25, -0.2) is 0 Å². The van der Waals surface area contributed by atoms with Crippen LogP contribution in [0.15, 0.2) is 0 Å². The van der Waals surface area contributed by atoms with Crippen molar-refractivity contribution in [1.82, 2.24) is 0 Å². The highest BCUT2D eigenvalue weighted by molar-refractivity contribution is 5.17. The molecule has 1 saturated heterocycles. The van der Waals surface area contributed by atoms with Crippen molar-refractivity contribution in [3.63, 3.8) is 0 Å². The van der Waals surface area contributed by atoms with Crippen molar-refractivity contribution in [1.29, 1.82) is 0 Å². The molecule has 5 heteroatoms. The molecule has 0 aromatic rings. The molecule has 1 aliphatic heterocycles. The van der Waals surface area contributed by atoms with Gasteiger partial charge in [-0.15, -0.1) is 0 Å². The lowest BCUT2D eigenvalue weighted by atomic mass is 9.43. The molecule has 25 heavy (non-hydrogen) atoms. The predicted molar refractivity (Wildman–Crippen MR) is 95.0 cm³/mol. The Morgan fingerprint density at radius 1 is 0.960 bits per heavy atom. The van der Waals surface area contributed by atoms with Gasteiger partial charge in [0.2, 0.25) is 0 Å². The van der Waals surface area contributed by atoms with Gasteiger partial charge in [0.05, 0.1) is 30.5 Å². The fourth-order valence-corrected chi connectivity index (χ4v) is 6.70. The Balaban J connectivity index is 2.02. The predicted octanol–water partition coefficient (Wildman–Crippen LogP) is 1.85. The Kier molecular flexibility index (Phi) is 5.05. The van der Waals surface area contributed by atoms with Crippen LogP contribution in [-0.2, 0) is 4.74 Å². The molecule has 0 unspecified atom stereocenters. The molecule has 3 fully saturated rings. The van der Waals surface area contributed by atoms with Gasteiger partial charge in [0.15, 0.2) is 0 Å². The molecule has 0 aromatic heterocycles. The first-order chi connectivity index (χ1) is 11.7. The van der Waals surface area contributed by atoms with E-state index in [1.165, 1.54) is 0 Å². The van der Waals surface area contributed by atoms with E-state index in [2.05, 4.69) is 13.8 Å². The second kappa shape index (κ2) is 6.45. The summed E-state index contributed by atoms with van der Waals surface area (Å²) < 4.78 is 6.75. The van der Waals surface area contributed by atoms with E-state index >= 15 is 0 Å². The highest BCUT2D eigenvalue weighted by Crippen LogP contribution is 2.67. The van der Waals surface area contributed by atoms with Crippen molar-refractivity contribution in [2.24, 2.45) is 22.7 Å². The molecular formula is C20H36O5. The fraction of sp³-hybridized carbons (Fsp3) is 1.00. The van der Waals surface area contributed by atoms with E-state index < -0.39 is 17.1 Å². The largest absolute Gasteiger partial charge is 0.396 e. The van der Waals surface area contributed by atoms with Crippen molar-refractivity contribution in [3.05, 3.63) is 0 Å². The van der Waals surface area contributed by atoms with Gasteiger partial charge in [0, 0.05) is 23.9 Å². The molecular weight excluding hydrogens is 320 g/mol. The molecule has 2 aliphatic carbocycles. The van der Waals surface area contributed by atoms with Crippen molar-refractivity contribution >= 4 is 0 Å². The quantitative estimate of drug-likeness (QED) is 0.617. The molecule has 146 valence electrons. The van der Waals surface area contributed by atoms with Gasteiger partial charge in [-0.05, 0) is 50.4 Å². The fourth-order valence-electron chi connectivity index (χ4n) is 6.70. The van der Waals surface area contributed by atoms with Crippen molar-refractivity contribution in [2.75, 3.05) is 19.8 Å². The highest BCUT2D eigenvalue weighted by Gasteiger charge is 2.68. The third-order valence-corrected chi connectivity index (χ3v) is 8.46. The number of hydrogen-bond donors (Lipinski definition) is 4. The molecule has 0 amide bonds. The molecule has 3 aliphatic rings. The van der Waals surface area contributed by atoms with E-state index in [1.54, 1.807) is 0 Å². The minimum atomic E-state index is -0.653. The number of rotatable bonds is 4. The van der Waals surface area contributed by atoms with Crippen LogP contribution in [0.5, 0.6) is 0 Å². The standard InChI is InChI=1S/C20H36O5/c1-14-4-5-15-17(2,12-22)16(24)6-7-18(15,3)20(14)9-8-19(13-23,25-20)10-11-21/h14-16,21-24H,4-13H2,1-3H3/t14-,15+,16+,17+,18-,19+,20+/m1/s1. The van der Waals surface area contributed by atoms with E-state index in [-0.39, 0.29) is 36.8 Å². The van der Waals surface area contributed by atoms with Gasteiger partial charge in [-0.1, -0.05) is 20.8 Å². The molecule has 5 nitrogen and oxygen atoms in total. The first-order valence-electron chi connectivity index (χ1n) is 9.94. The second-order valence-electron chi connectivity index (χ2n) is 9.47. The number of hydrogen-bond acceptors (Lipinski definition) is 5. The Hall–Kier alpha value is -0.200. The third kappa shape index (κ3) is 2.53. The van der Waals surface area contributed by atoms with Gasteiger partial charge in [0.25, 0.3) is 0 Å².